The monoisotopic (exact) mass is 221 g/mol. The summed E-state index contributed by atoms with van der Waals surface area (Å²) in [7, 11) is 3.97. The van der Waals surface area contributed by atoms with Gasteiger partial charge in [-0.25, -0.2) is 0 Å². The summed E-state index contributed by atoms with van der Waals surface area (Å²) in [6.45, 7) is 5.45. The summed E-state index contributed by atoms with van der Waals surface area (Å²) in [5.41, 5.74) is 2.53. The number of hydrogen-bond donors (Lipinski definition) is 1. The van der Waals surface area contributed by atoms with Crippen LogP contribution >= 0.6 is 12.6 Å². The predicted molar refractivity (Wildman–Crippen MR) is 67.4 cm³/mol. The van der Waals surface area contributed by atoms with E-state index in [2.05, 4.69) is 29.4 Å². The molecule has 0 heterocycles. The van der Waals surface area contributed by atoms with Gasteiger partial charge in [0.05, 0.1) is 11.4 Å². The summed E-state index contributed by atoms with van der Waals surface area (Å²) in [6, 6.07) is 5.83. The number of azo groups is 1. The number of allylic oxidation sites excluding steroid dienone is 1. The van der Waals surface area contributed by atoms with Crippen molar-refractivity contribution in [1.29, 1.82) is 0 Å². The second-order valence-corrected chi connectivity index (χ2v) is 3.98. The van der Waals surface area contributed by atoms with Crippen LogP contribution in [0.5, 0.6) is 0 Å². The van der Waals surface area contributed by atoms with Crippen LogP contribution in [0.15, 0.2) is 45.6 Å². The van der Waals surface area contributed by atoms with Crippen LogP contribution in [0, 0.1) is 0 Å². The van der Waals surface area contributed by atoms with Gasteiger partial charge in [-0.15, -0.1) is 17.7 Å². The average molecular weight is 221 g/mol. The molecular formula is C11H15N3S. The Morgan fingerprint density at radius 1 is 1.40 bits per heavy atom. The molecule has 3 nitrogen and oxygen atoms in total. The fraction of sp³-hybridized carbons (Fsp3) is 0.273. The minimum atomic E-state index is 0.680. The van der Waals surface area contributed by atoms with E-state index in [1.165, 1.54) is 0 Å². The van der Waals surface area contributed by atoms with E-state index in [0.29, 0.717) is 5.70 Å². The van der Waals surface area contributed by atoms with E-state index < -0.39 is 0 Å². The normalized spacial score (nSPS) is 10.7. The van der Waals surface area contributed by atoms with Crippen LogP contribution in [0.2, 0.25) is 0 Å². The largest absolute Gasteiger partial charge is 0.378 e. The second-order valence-electron chi connectivity index (χ2n) is 3.50. The molecule has 0 fully saturated rings. The smallest absolute Gasteiger partial charge is 0.0991 e. The Morgan fingerprint density at radius 3 is 2.53 bits per heavy atom. The molecule has 0 saturated carbocycles. The molecule has 0 aliphatic heterocycles. The number of benzene rings is 1. The lowest BCUT2D eigenvalue weighted by Crippen LogP contribution is -2.08. The first-order valence-electron chi connectivity index (χ1n) is 4.58. The van der Waals surface area contributed by atoms with Crippen molar-refractivity contribution in [3.8, 4) is 0 Å². The standard InChI is InChI=1S/C11H15N3S/c1-8(2)12-13-10-6-5-9(14(3)4)7-11(10)15/h5-7,15H,1H2,2-4H3. The van der Waals surface area contributed by atoms with E-state index in [9.17, 15) is 0 Å². The van der Waals surface area contributed by atoms with Crippen molar-refractivity contribution in [2.45, 2.75) is 11.8 Å². The maximum atomic E-state index is 4.35. The summed E-state index contributed by atoms with van der Waals surface area (Å²) in [5, 5.41) is 7.93. The van der Waals surface area contributed by atoms with Gasteiger partial charge in [-0.1, -0.05) is 6.58 Å². The Labute approximate surface area is 95.9 Å². The van der Waals surface area contributed by atoms with Crippen molar-refractivity contribution < 1.29 is 0 Å². The molecular weight excluding hydrogens is 206 g/mol. The molecule has 0 radical (unpaired) electrons. The molecule has 0 aliphatic carbocycles. The van der Waals surface area contributed by atoms with E-state index in [4.69, 9.17) is 0 Å². The van der Waals surface area contributed by atoms with Gasteiger partial charge in [-0.3, -0.25) is 0 Å². The van der Waals surface area contributed by atoms with Crippen LogP contribution in [0.25, 0.3) is 0 Å². The molecule has 0 aliphatic rings. The Balaban J connectivity index is 2.98. The quantitative estimate of drug-likeness (QED) is 0.612. The van der Waals surface area contributed by atoms with Crippen LogP contribution in [-0.4, -0.2) is 14.1 Å². The van der Waals surface area contributed by atoms with Gasteiger partial charge in [0.15, 0.2) is 0 Å². The SMILES string of the molecule is C=C(C)N=Nc1ccc(N(C)C)cc1S. The number of anilines is 1. The Morgan fingerprint density at radius 2 is 2.07 bits per heavy atom. The third kappa shape index (κ3) is 3.40. The van der Waals surface area contributed by atoms with Crippen molar-refractivity contribution in [3.05, 3.63) is 30.5 Å². The topological polar surface area (TPSA) is 28.0 Å². The summed E-state index contributed by atoms with van der Waals surface area (Å²) >= 11 is 4.35. The van der Waals surface area contributed by atoms with Crippen LogP contribution in [0.3, 0.4) is 0 Å². The second kappa shape index (κ2) is 4.98. The first-order valence-corrected chi connectivity index (χ1v) is 5.03. The van der Waals surface area contributed by atoms with Gasteiger partial charge in [0.25, 0.3) is 0 Å². The predicted octanol–water partition coefficient (Wildman–Crippen LogP) is 3.66. The Hall–Kier alpha value is -1.29. The minimum absolute atomic E-state index is 0.680. The van der Waals surface area contributed by atoms with Gasteiger partial charge in [0, 0.05) is 24.7 Å². The summed E-state index contributed by atoms with van der Waals surface area (Å²) in [6.07, 6.45) is 0. The first-order chi connectivity index (χ1) is 7.00. The Bertz CT molecular complexity index is 397. The van der Waals surface area contributed by atoms with Gasteiger partial charge >= 0.3 is 0 Å². The van der Waals surface area contributed by atoms with Crippen molar-refractivity contribution in [2.24, 2.45) is 10.2 Å². The zero-order valence-electron chi connectivity index (χ0n) is 9.23. The van der Waals surface area contributed by atoms with Crippen LogP contribution < -0.4 is 4.90 Å². The van der Waals surface area contributed by atoms with Gasteiger partial charge in [-0.05, 0) is 25.1 Å². The molecule has 0 unspecified atom stereocenters. The van der Waals surface area contributed by atoms with Gasteiger partial charge in [0.2, 0.25) is 0 Å². The molecule has 0 bridgehead atoms. The first kappa shape index (κ1) is 11.8. The lowest BCUT2D eigenvalue weighted by molar-refractivity contribution is 1.09. The molecule has 1 aromatic rings. The van der Waals surface area contributed by atoms with Crippen molar-refractivity contribution in [1.82, 2.24) is 0 Å². The van der Waals surface area contributed by atoms with E-state index >= 15 is 0 Å². The highest BCUT2D eigenvalue weighted by atomic mass is 32.1. The number of rotatable bonds is 3. The zero-order chi connectivity index (χ0) is 11.4. The molecule has 0 N–H and O–H groups in total. The van der Waals surface area contributed by atoms with Crippen molar-refractivity contribution in [2.75, 3.05) is 19.0 Å². The molecule has 0 atom stereocenters. The molecule has 80 valence electrons. The summed E-state index contributed by atoms with van der Waals surface area (Å²) in [4.78, 5) is 2.82. The summed E-state index contributed by atoms with van der Waals surface area (Å²) < 4.78 is 0. The summed E-state index contributed by atoms with van der Waals surface area (Å²) in [5.74, 6) is 0. The third-order valence-electron chi connectivity index (χ3n) is 1.80. The van der Waals surface area contributed by atoms with E-state index in [1.807, 2.05) is 37.2 Å². The number of nitrogens with zero attached hydrogens (tertiary/aromatic N) is 3. The van der Waals surface area contributed by atoms with Crippen LogP contribution in [0.4, 0.5) is 11.4 Å². The molecule has 15 heavy (non-hydrogen) atoms. The molecule has 1 aromatic carbocycles. The van der Waals surface area contributed by atoms with E-state index in [-0.39, 0.29) is 0 Å². The molecule has 0 aromatic heterocycles. The highest BCUT2D eigenvalue weighted by Crippen LogP contribution is 2.28. The lowest BCUT2D eigenvalue weighted by atomic mass is 10.3. The van der Waals surface area contributed by atoms with E-state index in [0.717, 1.165) is 16.3 Å². The fourth-order valence-corrected chi connectivity index (χ4v) is 1.27. The average Bonchev–Trinajstić information content (AvgIpc) is 2.15. The molecule has 0 spiro atoms. The minimum Gasteiger partial charge on any atom is -0.378 e. The molecule has 4 heteroatoms. The van der Waals surface area contributed by atoms with Crippen LogP contribution in [-0.2, 0) is 0 Å². The van der Waals surface area contributed by atoms with Gasteiger partial charge in [-0.2, -0.15) is 5.11 Å². The van der Waals surface area contributed by atoms with Crippen molar-refractivity contribution >= 4 is 24.0 Å². The highest BCUT2D eigenvalue weighted by Gasteiger charge is 2.00. The number of thiol groups is 1. The maximum absolute atomic E-state index is 4.35. The lowest BCUT2D eigenvalue weighted by Gasteiger charge is -2.12. The van der Waals surface area contributed by atoms with E-state index in [1.54, 1.807) is 6.92 Å². The molecule has 1 rings (SSSR count). The van der Waals surface area contributed by atoms with Gasteiger partial charge < -0.3 is 4.90 Å². The Kier molecular flexibility index (Phi) is 3.91. The van der Waals surface area contributed by atoms with Gasteiger partial charge in [0.1, 0.15) is 0 Å². The van der Waals surface area contributed by atoms with Crippen molar-refractivity contribution in [3.63, 3.8) is 0 Å². The highest BCUT2D eigenvalue weighted by molar-refractivity contribution is 7.80. The zero-order valence-corrected chi connectivity index (χ0v) is 10.1. The molecule has 0 saturated heterocycles. The number of hydrogen-bond acceptors (Lipinski definition) is 4. The van der Waals surface area contributed by atoms with Crippen LogP contribution in [0.1, 0.15) is 6.92 Å². The fourth-order valence-electron chi connectivity index (χ4n) is 1.01. The molecule has 0 amide bonds. The maximum Gasteiger partial charge on any atom is 0.0991 e. The third-order valence-corrected chi connectivity index (χ3v) is 2.16.